The van der Waals surface area contributed by atoms with Crippen molar-refractivity contribution in [3.8, 4) is 22.9 Å². The minimum absolute atomic E-state index is 0.503. The van der Waals surface area contributed by atoms with E-state index >= 15 is 0 Å². The zero-order valence-electron chi connectivity index (χ0n) is 19.3. The van der Waals surface area contributed by atoms with Gasteiger partial charge in [0.15, 0.2) is 0 Å². The van der Waals surface area contributed by atoms with Crippen molar-refractivity contribution in [3.05, 3.63) is 131 Å². The molecule has 36 heavy (non-hydrogen) atoms. The van der Waals surface area contributed by atoms with Crippen molar-refractivity contribution in [1.82, 2.24) is 14.9 Å². The molecule has 1 aromatic heterocycles. The molecule has 0 radical (unpaired) electrons. The standard InChI is InChI=1S/C29H22BrN5O/c30-26-11-6-22(7-12-26)18-35(34-20-32-33-21-34)27-13-8-25(17-31)29(16-27)24-9-14-28(15-10-24)36-19-23-4-2-1-3-5-23/h1-16,20-21H,18-19H2. The SMILES string of the molecule is N#Cc1ccc(N(Cc2ccc(Br)cc2)n2cnnc2)cc1-c1ccc(OCc2ccccc2)cc1. The van der Waals surface area contributed by atoms with Gasteiger partial charge < -0.3 is 4.74 Å². The number of anilines is 1. The number of hydrogen-bond acceptors (Lipinski definition) is 5. The Balaban J connectivity index is 1.43. The van der Waals surface area contributed by atoms with Gasteiger partial charge in [-0.25, -0.2) is 4.68 Å². The van der Waals surface area contributed by atoms with E-state index in [9.17, 15) is 5.26 Å². The highest BCUT2D eigenvalue weighted by atomic mass is 79.9. The summed E-state index contributed by atoms with van der Waals surface area (Å²) in [6.45, 7) is 1.10. The zero-order valence-corrected chi connectivity index (χ0v) is 20.9. The first-order chi connectivity index (χ1) is 17.7. The van der Waals surface area contributed by atoms with E-state index < -0.39 is 0 Å². The van der Waals surface area contributed by atoms with Crippen molar-refractivity contribution in [3.63, 3.8) is 0 Å². The average molecular weight is 536 g/mol. The minimum atomic E-state index is 0.503. The molecule has 176 valence electrons. The van der Waals surface area contributed by atoms with E-state index in [0.717, 1.165) is 38.2 Å². The van der Waals surface area contributed by atoms with Crippen LogP contribution in [-0.2, 0) is 13.2 Å². The maximum absolute atomic E-state index is 9.80. The predicted molar refractivity (Wildman–Crippen MR) is 143 cm³/mol. The summed E-state index contributed by atoms with van der Waals surface area (Å²) in [7, 11) is 0. The Kier molecular flexibility index (Phi) is 7.06. The fourth-order valence-corrected chi connectivity index (χ4v) is 4.15. The summed E-state index contributed by atoms with van der Waals surface area (Å²) in [6.07, 6.45) is 3.32. The van der Waals surface area contributed by atoms with Crippen LogP contribution in [-0.4, -0.2) is 14.9 Å². The molecule has 6 nitrogen and oxygen atoms in total. The summed E-state index contributed by atoms with van der Waals surface area (Å²) in [6, 6.07) is 34.2. The van der Waals surface area contributed by atoms with Gasteiger partial charge in [-0.3, -0.25) is 5.01 Å². The molecule has 0 atom stereocenters. The first-order valence-corrected chi connectivity index (χ1v) is 12.2. The fraction of sp³-hybridized carbons (Fsp3) is 0.0690. The van der Waals surface area contributed by atoms with Gasteiger partial charge in [0.2, 0.25) is 0 Å². The van der Waals surface area contributed by atoms with Crippen molar-refractivity contribution < 1.29 is 4.74 Å². The van der Waals surface area contributed by atoms with Crippen LogP contribution in [0, 0.1) is 11.3 Å². The van der Waals surface area contributed by atoms with E-state index in [0.29, 0.717) is 18.7 Å². The van der Waals surface area contributed by atoms with Crippen LogP contribution in [0.5, 0.6) is 5.75 Å². The summed E-state index contributed by atoms with van der Waals surface area (Å²) >= 11 is 3.49. The second-order valence-corrected chi connectivity index (χ2v) is 9.08. The van der Waals surface area contributed by atoms with Crippen molar-refractivity contribution in [2.24, 2.45) is 0 Å². The molecule has 0 bridgehead atoms. The third kappa shape index (κ3) is 5.45. The highest BCUT2D eigenvalue weighted by molar-refractivity contribution is 9.10. The van der Waals surface area contributed by atoms with Crippen LogP contribution in [0.1, 0.15) is 16.7 Å². The van der Waals surface area contributed by atoms with Gasteiger partial charge in [-0.2, -0.15) is 5.26 Å². The van der Waals surface area contributed by atoms with Gasteiger partial charge >= 0.3 is 0 Å². The summed E-state index contributed by atoms with van der Waals surface area (Å²) in [4.78, 5) is 0. The quantitative estimate of drug-likeness (QED) is 0.223. The van der Waals surface area contributed by atoms with Gasteiger partial charge in [-0.15, -0.1) is 10.2 Å². The molecule has 0 saturated carbocycles. The predicted octanol–water partition coefficient (Wildman–Crippen LogP) is 6.63. The number of benzene rings is 4. The first-order valence-electron chi connectivity index (χ1n) is 11.4. The highest BCUT2D eigenvalue weighted by Crippen LogP contribution is 2.31. The Morgan fingerprint density at radius 2 is 1.56 bits per heavy atom. The molecule has 4 aromatic carbocycles. The Hall–Kier alpha value is -4.41. The van der Waals surface area contributed by atoms with Gasteiger partial charge in [-0.1, -0.05) is 70.5 Å². The molecule has 1 heterocycles. The molecule has 0 aliphatic heterocycles. The molecular formula is C29H22BrN5O. The van der Waals surface area contributed by atoms with E-state index in [1.54, 1.807) is 12.7 Å². The average Bonchev–Trinajstić information content (AvgIpc) is 3.47. The van der Waals surface area contributed by atoms with Crippen molar-refractivity contribution in [2.45, 2.75) is 13.2 Å². The lowest BCUT2D eigenvalue weighted by Crippen LogP contribution is -2.27. The molecule has 0 N–H and O–H groups in total. The third-order valence-corrected chi connectivity index (χ3v) is 6.29. The van der Waals surface area contributed by atoms with Crippen molar-refractivity contribution in [1.29, 1.82) is 5.26 Å². The normalized spacial score (nSPS) is 10.6. The summed E-state index contributed by atoms with van der Waals surface area (Å²) in [5.74, 6) is 0.777. The number of nitrogens with zero attached hydrogens (tertiary/aromatic N) is 5. The summed E-state index contributed by atoms with van der Waals surface area (Å²) in [5.41, 5.74) is 5.53. The molecule has 5 aromatic rings. The molecule has 0 fully saturated rings. The molecule has 0 spiro atoms. The van der Waals surface area contributed by atoms with Crippen LogP contribution >= 0.6 is 15.9 Å². The van der Waals surface area contributed by atoms with Gasteiger partial charge in [0, 0.05) is 10.0 Å². The number of rotatable bonds is 8. The van der Waals surface area contributed by atoms with Gasteiger partial charge in [0.05, 0.1) is 23.9 Å². The molecule has 5 rings (SSSR count). The van der Waals surface area contributed by atoms with Gasteiger partial charge in [0.1, 0.15) is 25.0 Å². The van der Waals surface area contributed by atoms with E-state index in [1.165, 1.54) is 0 Å². The lowest BCUT2D eigenvalue weighted by Gasteiger charge is -2.26. The number of ether oxygens (including phenoxy) is 1. The van der Waals surface area contributed by atoms with Crippen LogP contribution in [0.15, 0.2) is 114 Å². The van der Waals surface area contributed by atoms with Crippen molar-refractivity contribution >= 4 is 21.6 Å². The molecule has 0 unspecified atom stereocenters. The maximum Gasteiger partial charge on any atom is 0.139 e. The van der Waals surface area contributed by atoms with Crippen LogP contribution in [0.3, 0.4) is 0 Å². The second kappa shape index (κ2) is 10.9. The highest BCUT2D eigenvalue weighted by Gasteiger charge is 2.14. The third-order valence-electron chi connectivity index (χ3n) is 5.77. The van der Waals surface area contributed by atoms with E-state index in [-0.39, 0.29) is 0 Å². The van der Waals surface area contributed by atoms with Crippen LogP contribution in [0.4, 0.5) is 5.69 Å². The maximum atomic E-state index is 9.80. The Bertz CT molecular complexity index is 1460. The monoisotopic (exact) mass is 535 g/mol. The lowest BCUT2D eigenvalue weighted by molar-refractivity contribution is 0.306. The van der Waals surface area contributed by atoms with E-state index in [2.05, 4.69) is 49.3 Å². The molecule has 0 aliphatic rings. The van der Waals surface area contributed by atoms with Gasteiger partial charge in [0.25, 0.3) is 0 Å². The minimum Gasteiger partial charge on any atom is -0.489 e. The van der Waals surface area contributed by atoms with Crippen LogP contribution < -0.4 is 9.75 Å². The fourth-order valence-electron chi connectivity index (χ4n) is 3.89. The number of halogens is 1. The molecule has 7 heteroatoms. The molecule has 0 amide bonds. The molecule has 0 saturated heterocycles. The number of hydrogen-bond donors (Lipinski definition) is 0. The summed E-state index contributed by atoms with van der Waals surface area (Å²) < 4.78 is 8.80. The lowest BCUT2D eigenvalue weighted by atomic mass is 9.99. The second-order valence-electron chi connectivity index (χ2n) is 8.17. The van der Waals surface area contributed by atoms with Crippen LogP contribution in [0.2, 0.25) is 0 Å². The molecule has 0 aliphatic carbocycles. The number of nitriles is 1. The van der Waals surface area contributed by atoms with Crippen molar-refractivity contribution in [2.75, 3.05) is 5.01 Å². The Labute approximate surface area is 218 Å². The van der Waals surface area contributed by atoms with E-state index in [1.807, 2.05) is 89.6 Å². The Morgan fingerprint density at radius 3 is 2.25 bits per heavy atom. The topological polar surface area (TPSA) is 67.0 Å². The summed E-state index contributed by atoms with van der Waals surface area (Å²) in [5, 5.41) is 19.8. The Morgan fingerprint density at radius 1 is 0.833 bits per heavy atom. The number of aromatic nitrogens is 3. The van der Waals surface area contributed by atoms with Gasteiger partial charge in [-0.05, 0) is 59.2 Å². The molecular weight excluding hydrogens is 514 g/mol. The van der Waals surface area contributed by atoms with E-state index in [4.69, 9.17) is 4.74 Å². The first kappa shape index (κ1) is 23.3. The zero-order chi connectivity index (χ0) is 24.7. The largest absolute Gasteiger partial charge is 0.489 e. The smallest absolute Gasteiger partial charge is 0.139 e. The van der Waals surface area contributed by atoms with Crippen LogP contribution in [0.25, 0.3) is 11.1 Å².